The Hall–Kier alpha value is -0.890. The standard InChI is InChI=1S/C14H20FN/c1-10-6-5-9-14(10)16-11(2)12-7-3-4-8-13(12)15/h3-4,7-8,10-11,14,16H,5-6,9H2,1-2H3. The third-order valence-corrected chi connectivity index (χ3v) is 3.70. The van der Waals surface area contributed by atoms with Crippen molar-refractivity contribution in [1.29, 1.82) is 0 Å². The van der Waals surface area contributed by atoms with Crippen LogP contribution < -0.4 is 5.32 Å². The van der Waals surface area contributed by atoms with Gasteiger partial charge in [-0.3, -0.25) is 0 Å². The average molecular weight is 221 g/mol. The summed E-state index contributed by atoms with van der Waals surface area (Å²) in [5, 5.41) is 3.55. The van der Waals surface area contributed by atoms with Crippen LogP contribution in [0.5, 0.6) is 0 Å². The van der Waals surface area contributed by atoms with E-state index in [1.54, 1.807) is 6.07 Å². The van der Waals surface area contributed by atoms with E-state index in [0.717, 1.165) is 5.56 Å². The molecule has 0 amide bonds. The Kier molecular flexibility index (Phi) is 3.59. The van der Waals surface area contributed by atoms with E-state index in [4.69, 9.17) is 0 Å². The van der Waals surface area contributed by atoms with Gasteiger partial charge in [-0.1, -0.05) is 31.5 Å². The number of rotatable bonds is 3. The number of nitrogens with one attached hydrogen (secondary N) is 1. The minimum Gasteiger partial charge on any atom is -0.307 e. The SMILES string of the molecule is CC(NC1CCCC1C)c1ccccc1F. The molecular formula is C14H20FN. The third kappa shape index (κ3) is 2.43. The largest absolute Gasteiger partial charge is 0.307 e. The van der Waals surface area contributed by atoms with E-state index in [1.165, 1.54) is 25.3 Å². The Morgan fingerprint density at radius 3 is 2.69 bits per heavy atom. The highest BCUT2D eigenvalue weighted by atomic mass is 19.1. The molecule has 1 N–H and O–H groups in total. The van der Waals surface area contributed by atoms with Crippen LogP contribution in [0.3, 0.4) is 0 Å². The summed E-state index contributed by atoms with van der Waals surface area (Å²) in [6, 6.07) is 7.69. The topological polar surface area (TPSA) is 12.0 Å². The van der Waals surface area contributed by atoms with Gasteiger partial charge in [-0.2, -0.15) is 0 Å². The van der Waals surface area contributed by atoms with Crippen LogP contribution in [-0.2, 0) is 0 Å². The summed E-state index contributed by atoms with van der Waals surface area (Å²) in [6.07, 6.45) is 3.81. The molecule has 1 aromatic carbocycles. The molecule has 0 spiro atoms. The summed E-state index contributed by atoms with van der Waals surface area (Å²) < 4.78 is 13.6. The first-order chi connectivity index (χ1) is 7.68. The number of hydrogen-bond donors (Lipinski definition) is 1. The number of halogens is 1. The second kappa shape index (κ2) is 4.96. The smallest absolute Gasteiger partial charge is 0.127 e. The van der Waals surface area contributed by atoms with Crippen molar-refractivity contribution in [2.45, 2.75) is 45.2 Å². The molecule has 1 fully saturated rings. The van der Waals surface area contributed by atoms with Gasteiger partial charge in [0.25, 0.3) is 0 Å². The Morgan fingerprint density at radius 2 is 2.06 bits per heavy atom. The van der Waals surface area contributed by atoms with Gasteiger partial charge in [0.2, 0.25) is 0 Å². The second-order valence-electron chi connectivity index (χ2n) is 4.92. The van der Waals surface area contributed by atoms with E-state index in [9.17, 15) is 4.39 Å². The van der Waals surface area contributed by atoms with Crippen LogP contribution in [0.2, 0.25) is 0 Å². The van der Waals surface area contributed by atoms with Crippen LogP contribution in [0.15, 0.2) is 24.3 Å². The van der Waals surface area contributed by atoms with Crippen molar-refractivity contribution in [1.82, 2.24) is 5.32 Å². The summed E-state index contributed by atoms with van der Waals surface area (Å²) in [7, 11) is 0. The molecule has 0 heterocycles. The highest BCUT2D eigenvalue weighted by Crippen LogP contribution is 2.27. The predicted octanol–water partition coefficient (Wildman–Crippen LogP) is 3.66. The first-order valence-electron chi connectivity index (χ1n) is 6.19. The van der Waals surface area contributed by atoms with Gasteiger partial charge in [-0.05, 0) is 31.7 Å². The monoisotopic (exact) mass is 221 g/mol. The molecule has 0 saturated heterocycles. The van der Waals surface area contributed by atoms with Crippen molar-refractivity contribution in [3.63, 3.8) is 0 Å². The molecule has 0 bridgehead atoms. The maximum absolute atomic E-state index is 13.6. The minimum atomic E-state index is -0.104. The number of hydrogen-bond acceptors (Lipinski definition) is 1. The highest BCUT2D eigenvalue weighted by molar-refractivity contribution is 5.20. The fraction of sp³-hybridized carbons (Fsp3) is 0.571. The fourth-order valence-electron chi connectivity index (χ4n) is 2.63. The Balaban J connectivity index is 2.03. The van der Waals surface area contributed by atoms with E-state index in [-0.39, 0.29) is 11.9 Å². The van der Waals surface area contributed by atoms with Crippen LogP contribution in [0.1, 0.15) is 44.7 Å². The Morgan fingerprint density at radius 1 is 1.31 bits per heavy atom. The number of benzene rings is 1. The normalized spacial score (nSPS) is 26.9. The van der Waals surface area contributed by atoms with Crippen molar-refractivity contribution in [2.75, 3.05) is 0 Å². The van der Waals surface area contributed by atoms with Crippen molar-refractivity contribution in [3.8, 4) is 0 Å². The zero-order chi connectivity index (χ0) is 11.5. The zero-order valence-corrected chi connectivity index (χ0v) is 10.0. The molecule has 1 aromatic rings. The van der Waals surface area contributed by atoms with E-state index >= 15 is 0 Å². The molecule has 1 saturated carbocycles. The maximum atomic E-state index is 13.6. The van der Waals surface area contributed by atoms with Crippen molar-refractivity contribution in [3.05, 3.63) is 35.6 Å². The van der Waals surface area contributed by atoms with Crippen LogP contribution in [0.25, 0.3) is 0 Å². The van der Waals surface area contributed by atoms with Crippen LogP contribution >= 0.6 is 0 Å². The van der Waals surface area contributed by atoms with E-state index in [1.807, 2.05) is 19.1 Å². The van der Waals surface area contributed by atoms with Gasteiger partial charge in [0.05, 0.1) is 0 Å². The van der Waals surface area contributed by atoms with E-state index in [2.05, 4.69) is 12.2 Å². The highest BCUT2D eigenvalue weighted by Gasteiger charge is 2.25. The molecule has 3 unspecified atom stereocenters. The van der Waals surface area contributed by atoms with Crippen molar-refractivity contribution >= 4 is 0 Å². The first-order valence-corrected chi connectivity index (χ1v) is 6.19. The minimum absolute atomic E-state index is 0.103. The molecule has 16 heavy (non-hydrogen) atoms. The van der Waals surface area contributed by atoms with Crippen LogP contribution in [0, 0.1) is 11.7 Å². The van der Waals surface area contributed by atoms with Crippen molar-refractivity contribution < 1.29 is 4.39 Å². The molecule has 2 rings (SSSR count). The fourth-order valence-corrected chi connectivity index (χ4v) is 2.63. The van der Waals surface area contributed by atoms with Gasteiger partial charge < -0.3 is 5.32 Å². The molecule has 1 aliphatic rings. The maximum Gasteiger partial charge on any atom is 0.127 e. The van der Waals surface area contributed by atoms with Gasteiger partial charge >= 0.3 is 0 Å². The first kappa shape index (κ1) is 11.6. The summed E-state index contributed by atoms with van der Waals surface area (Å²) in [6.45, 7) is 4.32. The third-order valence-electron chi connectivity index (χ3n) is 3.70. The lowest BCUT2D eigenvalue weighted by molar-refractivity contribution is 0.382. The van der Waals surface area contributed by atoms with Gasteiger partial charge in [0.1, 0.15) is 5.82 Å². The Labute approximate surface area is 97.1 Å². The second-order valence-corrected chi connectivity index (χ2v) is 4.92. The lowest BCUT2D eigenvalue weighted by atomic mass is 10.0. The van der Waals surface area contributed by atoms with Gasteiger partial charge in [0.15, 0.2) is 0 Å². The van der Waals surface area contributed by atoms with Crippen LogP contribution in [0.4, 0.5) is 4.39 Å². The van der Waals surface area contributed by atoms with Gasteiger partial charge in [-0.25, -0.2) is 4.39 Å². The molecule has 0 radical (unpaired) electrons. The predicted molar refractivity (Wildman–Crippen MR) is 64.8 cm³/mol. The molecular weight excluding hydrogens is 201 g/mol. The summed E-state index contributed by atoms with van der Waals surface area (Å²) in [5.74, 6) is 0.613. The van der Waals surface area contributed by atoms with E-state index in [0.29, 0.717) is 12.0 Å². The zero-order valence-electron chi connectivity index (χ0n) is 10.0. The quantitative estimate of drug-likeness (QED) is 0.821. The van der Waals surface area contributed by atoms with Crippen LogP contribution in [-0.4, -0.2) is 6.04 Å². The molecule has 0 aliphatic heterocycles. The molecule has 3 atom stereocenters. The summed E-state index contributed by atoms with van der Waals surface area (Å²) in [4.78, 5) is 0. The molecule has 2 heteroatoms. The van der Waals surface area contributed by atoms with E-state index < -0.39 is 0 Å². The van der Waals surface area contributed by atoms with Gasteiger partial charge in [-0.15, -0.1) is 0 Å². The van der Waals surface area contributed by atoms with Gasteiger partial charge in [0, 0.05) is 17.6 Å². The molecule has 1 aliphatic carbocycles. The Bertz CT molecular complexity index is 350. The molecule has 0 aromatic heterocycles. The molecule has 88 valence electrons. The summed E-state index contributed by atoms with van der Waals surface area (Å²) >= 11 is 0. The molecule has 1 nitrogen and oxygen atoms in total. The summed E-state index contributed by atoms with van der Waals surface area (Å²) in [5.41, 5.74) is 0.779. The lowest BCUT2D eigenvalue weighted by Gasteiger charge is -2.23. The van der Waals surface area contributed by atoms with Crippen molar-refractivity contribution in [2.24, 2.45) is 5.92 Å². The average Bonchev–Trinajstić information content (AvgIpc) is 2.65. The lowest BCUT2D eigenvalue weighted by Crippen LogP contribution is -2.33.